The molecule has 12 heteroatoms. The Balaban J connectivity index is 1.47. The number of amides is 1. The van der Waals surface area contributed by atoms with Gasteiger partial charge in [-0.3, -0.25) is 9.69 Å². The lowest BCUT2D eigenvalue weighted by molar-refractivity contribution is -0.137. The van der Waals surface area contributed by atoms with Crippen molar-refractivity contribution in [2.45, 2.75) is 44.6 Å². The summed E-state index contributed by atoms with van der Waals surface area (Å²) >= 11 is 1.43. The van der Waals surface area contributed by atoms with Crippen LogP contribution in [0.4, 0.5) is 13.2 Å². The third-order valence-electron chi connectivity index (χ3n) is 5.29. The third kappa shape index (κ3) is 7.63. The maximum atomic E-state index is 12.6. The van der Waals surface area contributed by atoms with Gasteiger partial charge in [-0.15, -0.1) is 11.3 Å². The van der Waals surface area contributed by atoms with Gasteiger partial charge in [-0.05, 0) is 37.1 Å². The van der Waals surface area contributed by atoms with Crippen molar-refractivity contribution in [1.82, 2.24) is 19.9 Å². The third-order valence-corrected chi connectivity index (χ3v) is 7.18. The number of nitrogens with one attached hydrogen (secondary N) is 2. The highest BCUT2D eigenvalue weighted by molar-refractivity contribution is 7.92. The minimum absolute atomic E-state index is 0.0686. The minimum Gasteiger partial charge on any atom is -0.352 e. The zero-order valence-electron chi connectivity index (χ0n) is 17.8. The van der Waals surface area contributed by atoms with Crippen LogP contribution >= 0.6 is 11.3 Å². The second kappa shape index (κ2) is 10.8. The van der Waals surface area contributed by atoms with Crippen LogP contribution in [0.5, 0.6) is 0 Å². The fourth-order valence-corrected chi connectivity index (χ4v) is 4.88. The van der Waals surface area contributed by atoms with E-state index in [0.29, 0.717) is 24.3 Å². The van der Waals surface area contributed by atoms with Crippen LogP contribution in [0, 0.1) is 0 Å². The average molecular weight is 503 g/mol. The van der Waals surface area contributed by atoms with Crippen LogP contribution in [0.15, 0.2) is 41.6 Å². The molecule has 2 N–H and O–H groups in total. The summed E-state index contributed by atoms with van der Waals surface area (Å²) in [5.74, 6) is -0.273. The van der Waals surface area contributed by atoms with E-state index in [4.69, 9.17) is 0 Å². The van der Waals surface area contributed by atoms with Crippen LogP contribution in [0.25, 0.3) is 0 Å². The molecule has 0 spiro atoms. The largest absolute Gasteiger partial charge is 0.416 e. The number of hydrogen-bond donors (Lipinski definition) is 2. The Morgan fingerprint density at radius 2 is 2.03 bits per heavy atom. The highest BCUT2D eigenvalue weighted by Gasteiger charge is 2.30. The minimum atomic E-state index is -4.39. The number of halogens is 3. The number of carbonyl (C=O) groups excluding carboxylic acids is 1. The molecule has 1 aromatic carbocycles. The number of hydrogen-bond acceptors (Lipinski definition) is 6. The van der Waals surface area contributed by atoms with Gasteiger partial charge >= 0.3 is 6.18 Å². The Labute approximate surface area is 194 Å². The molecule has 1 atom stereocenters. The highest BCUT2D eigenvalue weighted by Crippen LogP contribution is 2.29. The fraction of sp³-hybridized carbons (Fsp3) is 0.429. The zero-order chi connectivity index (χ0) is 24.1. The lowest BCUT2D eigenvalue weighted by Gasteiger charge is -2.23. The first-order valence-corrected chi connectivity index (χ1v) is 12.7. The fourth-order valence-electron chi connectivity index (χ4n) is 3.52. The number of sulfonamides is 1. The normalized spacial score (nSPS) is 17.2. The van der Waals surface area contributed by atoms with Crippen molar-refractivity contribution in [3.8, 4) is 0 Å². The Bertz CT molecular complexity index is 1070. The van der Waals surface area contributed by atoms with Gasteiger partial charge < -0.3 is 5.32 Å². The van der Waals surface area contributed by atoms with E-state index in [2.05, 4.69) is 26.5 Å². The summed E-state index contributed by atoms with van der Waals surface area (Å²) in [5, 5.41) is 6.22. The van der Waals surface area contributed by atoms with E-state index in [1.807, 2.05) is 0 Å². The second-order valence-electron chi connectivity index (χ2n) is 7.71. The van der Waals surface area contributed by atoms with E-state index < -0.39 is 21.8 Å². The topological polar surface area (TPSA) is 91.4 Å². The van der Waals surface area contributed by atoms with Crippen LogP contribution < -0.4 is 10.0 Å². The van der Waals surface area contributed by atoms with Crippen molar-refractivity contribution in [2.24, 2.45) is 0 Å². The molecule has 0 bridgehead atoms. The number of aromatic nitrogens is 1. The van der Waals surface area contributed by atoms with Gasteiger partial charge in [-0.1, -0.05) is 18.7 Å². The second-order valence-corrected chi connectivity index (χ2v) is 10.4. The zero-order valence-corrected chi connectivity index (χ0v) is 19.4. The molecule has 33 heavy (non-hydrogen) atoms. The number of alkyl halides is 3. The van der Waals surface area contributed by atoms with Gasteiger partial charge in [0.15, 0.2) is 0 Å². The van der Waals surface area contributed by atoms with E-state index in [1.165, 1.54) is 23.5 Å². The number of carbonyl (C=O) groups is 1. The van der Waals surface area contributed by atoms with Crippen molar-refractivity contribution in [1.29, 1.82) is 0 Å². The Morgan fingerprint density at radius 1 is 1.30 bits per heavy atom. The maximum absolute atomic E-state index is 12.6. The monoisotopic (exact) mass is 502 g/mol. The quantitative estimate of drug-likeness (QED) is 0.521. The predicted octanol–water partition coefficient (Wildman–Crippen LogP) is 3.05. The SMILES string of the molecule is C=CS(=O)(=O)NC[C@H]1CCCN1Cc1nc(CC(=O)NCc2ccc(C(F)(F)F)cc2)cs1. The first-order valence-electron chi connectivity index (χ1n) is 10.3. The van der Waals surface area contributed by atoms with Gasteiger partial charge in [0, 0.05) is 29.9 Å². The maximum Gasteiger partial charge on any atom is 0.416 e. The number of rotatable bonds is 10. The van der Waals surface area contributed by atoms with Crippen molar-refractivity contribution >= 4 is 27.3 Å². The summed E-state index contributed by atoms with van der Waals surface area (Å²) in [4.78, 5) is 18.9. The van der Waals surface area contributed by atoms with Crippen LogP contribution in [0.1, 0.15) is 34.7 Å². The van der Waals surface area contributed by atoms with Crippen LogP contribution in [-0.2, 0) is 40.5 Å². The van der Waals surface area contributed by atoms with Gasteiger partial charge in [-0.2, -0.15) is 13.2 Å². The molecule has 0 aliphatic carbocycles. The van der Waals surface area contributed by atoms with Crippen LogP contribution in [0.3, 0.4) is 0 Å². The van der Waals surface area contributed by atoms with E-state index >= 15 is 0 Å². The van der Waals surface area contributed by atoms with E-state index in [0.717, 1.165) is 41.9 Å². The molecule has 3 rings (SSSR count). The lowest BCUT2D eigenvalue weighted by Crippen LogP contribution is -2.39. The molecule has 7 nitrogen and oxygen atoms in total. The molecule has 1 saturated heterocycles. The molecule has 0 saturated carbocycles. The molecule has 2 aromatic rings. The number of likely N-dealkylation sites (tertiary alicyclic amines) is 1. The first kappa shape index (κ1) is 25.3. The van der Waals surface area contributed by atoms with Gasteiger partial charge in [0.05, 0.1) is 24.2 Å². The molecular weight excluding hydrogens is 477 g/mol. The van der Waals surface area contributed by atoms with Crippen molar-refractivity contribution in [2.75, 3.05) is 13.1 Å². The van der Waals surface area contributed by atoms with Crippen LogP contribution in [0.2, 0.25) is 0 Å². The summed E-state index contributed by atoms with van der Waals surface area (Å²) in [7, 11) is -3.47. The highest BCUT2D eigenvalue weighted by atomic mass is 32.2. The smallest absolute Gasteiger partial charge is 0.352 e. The molecule has 1 amide bonds. The van der Waals surface area contributed by atoms with E-state index in [-0.39, 0.29) is 24.9 Å². The summed E-state index contributed by atoms with van der Waals surface area (Å²) < 4.78 is 63.5. The number of nitrogens with zero attached hydrogens (tertiary/aromatic N) is 2. The van der Waals surface area contributed by atoms with Gasteiger partial charge in [0.1, 0.15) is 5.01 Å². The number of thiazole rings is 1. The van der Waals surface area contributed by atoms with Crippen molar-refractivity contribution < 1.29 is 26.4 Å². The molecule has 1 aliphatic rings. The molecule has 1 aromatic heterocycles. The molecule has 1 fully saturated rings. The van der Waals surface area contributed by atoms with E-state index in [1.54, 1.807) is 5.38 Å². The Kier molecular flexibility index (Phi) is 8.27. The molecular formula is C21H25F3N4O3S2. The van der Waals surface area contributed by atoms with Crippen molar-refractivity contribution in [3.63, 3.8) is 0 Å². The molecule has 2 heterocycles. The summed E-state index contributed by atoms with van der Waals surface area (Å²) in [6.45, 7) is 5.12. The van der Waals surface area contributed by atoms with Gasteiger partial charge in [0.25, 0.3) is 0 Å². The first-order chi connectivity index (χ1) is 15.6. The number of benzene rings is 1. The molecule has 0 radical (unpaired) electrons. The Hall–Kier alpha value is -2.28. The molecule has 0 unspecified atom stereocenters. The summed E-state index contributed by atoms with van der Waals surface area (Å²) in [5.41, 5.74) is 0.455. The van der Waals surface area contributed by atoms with Gasteiger partial charge in [0.2, 0.25) is 15.9 Å². The molecule has 1 aliphatic heterocycles. The summed E-state index contributed by atoms with van der Waals surface area (Å²) in [6, 6.07) is 4.72. The van der Waals surface area contributed by atoms with Crippen molar-refractivity contribution in [3.05, 3.63) is 63.5 Å². The average Bonchev–Trinajstić information content (AvgIpc) is 3.40. The Morgan fingerprint density at radius 3 is 2.70 bits per heavy atom. The van der Waals surface area contributed by atoms with Gasteiger partial charge in [-0.25, -0.2) is 18.1 Å². The van der Waals surface area contributed by atoms with Crippen LogP contribution in [-0.4, -0.2) is 43.3 Å². The van der Waals surface area contributed by atoms with E-state index in [9.17, 15) is 26.4 Å². The lowest BCUT2D eigenvalue weighted by atomic mass is 10.1. The molecule has 180 valence electrons. The predicted molar refractivity (Wildman–Crippen MR) is 120 cm³/mol. The summed E-state index contributed by atoms with van der Waals surface area (Å²) in [6.07, 6.45) is -2.48. The standard InChI is InChI=1S/C21H25F3N4O3S2/c1-2-33(30,31)26-12-18-4-3-9-28(18)13-20-27-17(14-32-20)10-19(29)25-11-15-5-7-16(8-6-15)21(22,23)24/h2,5-8,14,18,26H,1,3-4,9-13H2,(H,25,29)/t18-/m1/s1.